The van der Waals surface area contributed by atoms with Crippen LogP contribution in [0.15, 0.2) is 36.7 Å². The molecule has 2 N–H and O–H groups in total. The quantitative estimate of drug-likeness (QED) is 0.771. The predicted octanol–water partition coefficient (Wildman–Crippen LogP) is 3.44. The topological polar surface area (TPSA) is 75.1 Å². The first-order valence-electron chi connectivity index (χ1n) is 5.96. The Hall–Kier alpha value is -2.47. The number of anilines is 2. The van der Waals surface area contributed by atoms with E-state index in [4.69, 9.17) is 0 Å². The smallest absolute Gasteiger partial charge is 0.340 e. The molecule has 0 aliphatic rings. The van der Waals surface area contributed by atoms with Gasteiger partial charge in [-0.15, -0.1) is 0 Å². The molecule has 0 saturated heterocycles. The van der Waals surface area contributed by atoms with Crippen LogP contribution >= 0.6 is 11.5 Å². The van der Waals surface area contributed by atoms with Crippen molar-refractivity contribution in [2.75, 3.05) is 5.32 Å². The zero-order valence-electron chi connectivity index (χ0n) is 10.6. The van der Waals surface area contributed by atoms with Gasteiger partial charge in [0.1, 0.15) is 10.6 Å². The Kier molecular flexibility index (Phi) is 3.08. The summed E-state index contributed by atoms with van der Waals surface area (Å²) in [5.41, 5.74) is 1.59. The number of rotatable bonds is 3. The number of carboxylic acid groups (broad SMARTS) is 1. The molecule has 0 spiro atoms. The molecule has 1 aromatic carbocycles. The van der Waals surface area contributed by atoms with Gasteiger partial charge in [-0.1, -0.05) is 12.1 Å². The summed E-state index contributed by atoms with van der Waals surface area (Å²) in [5, 5.41) is 14.9. The number of nitrogens with zero attached hydrogens (tertiary/aromatic N) is 2. The van der Waals surface area contributed by atoms with E-state index in [2.05, 4.69) is 14.7 Å². The molecule has 0 aliphatic heterocycles. The van der Waals surface area contributed by atoms with Gasteiger partial charge in [-0.25, -0.2) is 4.79 Å². The van der Waals surface area contributed by atoms with Crippen LogP contribution in [0.4, 0.5) is 10.7 Å². The largest absolute Gasteiger partial charge is 0.478 e. The first kappa shape index (κ1) is 12.6. The van der Waals surface area contributed by atoms with Gasteiger partial charge in [-0.3, -0.25) is 4.98 Å². The Balaban J connectivity index is 2.08. The van der Waals surface area contributed by atoms with E-state index >= 15 is 0 Å². The standard InChI is InChI=1S/C14H11N3O2S/c1-8-12(14(18)19)13(20-17-8)16-11-4-2-3-9-7-15-6-5-10(9)11/h2-7,16H,1H3,(H,18,19). The molecule has 0 radical (unpaired) electrons. The minimum atomic E-state index is -0.972. The van der Waals surface area contributed by atoms with Gasteiger partial charge in [-0.05, 0) is 30.6 Å². The Morgan fingerprint density at radius 3 is 3.00 bits per heavy atom. The fourth-order valence-corrected chi connectivity index (χ4v) is 2.86. The second-order valence-electron chi connectivity index (χ2n) is 4.30. The van der Waals surface area contributed by atoms with Gasteiger partial charge >= 0.3 is 5.97 Å². The molecule has 3 aromatic rings. The van der Waals surface area contributed by atoms with Crippen LogP contribution in [0, 0.1) is 6.92 Å². The molecule has 0 atom stereocenters. The van der Waals surface area contributed by atoms with Crippen LogP contribution in [-0.4, -0.2) is 20.4 Å². The number of carbonyl (C=O) groups is 1. The van der Waals surface area contributed by atoms with Crippen LogP contribution in [0.3, 0.4) is 0 Å². The molecular weight excluding hydrogens is 274 g/mol. The molecule has 2 aromatic heterocycles. The number of carboxylic acids is 1. The third-order valence-electron chi connectivity index (χ3n) is 3.01. The van der Waals surface area contributed by atoms with Crippen molar-refractivity contribution in [2.24, 2.45) is 0 Å². The summed E-state index contributed by atoms with van der Waals surface area (Å²) >= 11 is 1.15. The summed E-state index contributed by atoms with van der Waals surface area (Å²) < 4.78 is 4.10. The molecule has 20 heavy (non-hydrogen) atoms. The molecule has 5 nitrogen and oxygen atoms in total. The summed E-state index contributed by atoms with van der Waals surface area (Å²) in [6.07, 6.45) is 3.49. The highest BCUT2D eigenvalue weighted by Gasteiger charge is 2.18. The Morgan fingerprint density at radius 1 is 1.35 bits per heavy atom. The van der Waals surface area contributed by atoms with E-state index in [0.717, 1.165) is 28.0 Å². The van der Waals surface area contributed by atoms with Crippen molar-refractivity contribution in [3.05, 3.63) is 47.9 Å². The number of benzene rings is 1. The number of hydrogen-bond donors (Lipinski definition) is 2. The molecule has 6 heteroatoms. The van der Waals surface area contributed by atoms with Crippen LogP contribution in [0.5, 0.6) is 0 Å². The zero-order chi connectivity index (χ0) is 14.1. The Bertz CT molecular complexity index is 793. The van der Waals surface area contributed by atoms with E-state index in [9.17, 15) is 9.90 Å². The minimum absolute atomic E-state index is 0.223. The first-order chi connectivity index (χ1) is 9.66. The lowest BCUT2D eigenvalue weighted by molar-refractivity contribution is 0.0697. The number of pyridine rings is 1. The molecule has 0 fully saturated rings. The highest BCUT2D eigenvalue weighted by molar-refractivity contribution is 7.10. The van der Waals surface area contributed by atoms with E-state index in [-0.39, 0.29) is 5.56 Å². The summed E-state index contributed by atoms with van der Waals surface area (Å²) in [7, 11) is 0. The number of nitrogens with one attached hydrogen (secondary N) is 1. The van der Waals surface area contributed by atoms with Crippen molar-refractivity contribution in [3.63, 3.8) is 0 Å². The van der Waals surface area contributed by atoms with Crippen molar-refractivity contribution in [1.82, 2.24) is 9.36 Å². The predicted molar refractivity (Wildman–Crippen MR) is 78.8 cm³/mol. The summed E-state index contributed by atoms with van der Waals surface area (Å²) in [6, 6.07) is 7.67. The van der Waals surface area contributed by atoms with E-state index < -0.39 is 5.97 Å². The molecule has 0 unspecified atom stereocenters. The molecule has 100 valence electrons. The summed E-state index contributed by atoms with van der Waals surface area (Å²) in [5.74, 6) is -0.972. The van der Waals surface area contributed by atoms with Gasteiger partial charge in [0.15, 0.2) is 0 Å². The minimum Gasteiger partial charge on any atom is -0.478 e. The number of fused-ring (bicyclic) bond motifs is 1. The van der Waals surface area contributed by atoms with Gasteiger partial charge in [-0.2, -0.15) is 4.37 Å². The Morgan fingerprint density at radius 2 is 2.20 bits per heavy atom. The van der Waals surface area contributed by atoms with Crippen molar-refractivity contribution in [3.8, 4) is 0 Å². The fourth-order valence-electron chi connectivity index (χ4n) is 2.06. The third kappa shape index (κ3) is 2.10. The van der Waals surface area contributed by atoms with E-state index in [1.807, 2.05) is 24.3 Å². The fraction of sp³-hybridized carbons (Fsp3) is 0.0714. The van der Waals surface area contributed by atoms with Crippen LogP contribution in [-0.2, 0) is 0 Å². The number of hydrogen-bond acceptors (Lipinski definition) is 5. The lowest BCUT2D eigenvalue weighted by Gasteiger charge is -2.08. The van der Waals surface area contributed by atoms with Gasteiger partial charge < -0.3 is 10.4 Å². The highest BCUT2D eigenvalue weighted by atomic mass is 32.1. The molecule has 2 heterocycles. The second kappa shape index (κ2) is 4.90. The normalized spacial score (nSPS) is 10.7. The average molecular weight is 285 g/mol. The van der Waals surface area contributed by atoms with Crippen LogP contribution in [0.1, 0.15) is 16.1 Å². The summed E-state index contributed by atoms with van der Waals surface area (Å²) in [6.45, 7) is 1.69. The SMILES string of the molecule is Cc1nsc(Nc2cccc3cnccc23)c1C(=O)O. The number of aromatic nitrogens is 2. The molecule has 0 saturated carbocycles. The molecule has 3 rings (SSSR count). The lowest BCUT2D eigenvalue weighted by Crippen LogP contribution is -2.01. The molecular formula is C14H11N3O2S. The van der Waals surface area contributed by atoms with Crippen LogP contribution < -0.4 is 5.32 Å². The van der Waals surface area contributed by atoms with Gasteiger partial charge in [0, 0.05) is 28.9 Å². The Labute approximate surface area is 119 Å². The molecule has 0 bridgehead atoms. The van der Waals surface area contributed by atoms with Gasteiger partial charge in [0.25, 0.3) is 0 Å². The zero-order valence-corrected chi connectivity index (χ0v) is 11.4. The maximum absolute atomic E-state index is 11.3. The summed E-state index contributed by atoms with van der Waals surface area (Å²) in [4.78, 5) is 15.4. The number of aryl methyl sites for hydroxylation is 1. The van der Waals surface area contributed by atoms with E-state index in [0.29, 0.717) is 10.7 Å². The first-order valence-corrected chi connectivity index (χ1v) is 6.73. The lowest BCUT2D eigenvalue weighted by atomic mass is 10.1. The third-order valence-corrected chi connectivity index (χ3v) is 3.86. The maximum atomic E-state index is 11.3. The van der Waals surface area contributed by atoms with E-state index in [1.54, 1.807) is 19.3 Å². The second-order valence-corrected chi connectivity index (χ2v) is 5.08. The van der Waals surface area contributed by atoms with Crippen LogP contribution in [0.25, 0.3) is 10.8 Å². The van der Waals surface area contributed by atoms with Gasteiger partial charge in [0.2, 0.25) is 0 Å². The highest BCUT2D eigenvalue weighted by Crippen LogP contribution is 2.31. The van der Waals surface area contributed by atoms with Crippen LogP contribution in [0.2, 0.25) is 0 Å². The number of aromatic carboxylic acids is 1. The van der Waals surface area contributed by atoms with Crippen molar-refractivity contribution in [1.29, 1.82) is 0 Å². The van der Waals surface area contributed by atoms with Crippen molar-refractivity contribution < 1.29 is 9.90 Å². The molecule has 0 amide bonds. The maximum Gasteiger partial charge on any atom is 0.340 e. The molecule has 0 aliphatic carbocycles. The van der Waals surface area contributed by atoms with Gasteiger partial charge in [0.05, 0.1) is 5.69 Å². The van der Waals surface area contributed by atoms with Crippen molar-refractivity contribution in [2.45, 2.75) is 6.92 Å². The van der Waals surface area contributed by atoms with E-state index in [1.165, 1.54) is 0 Å². The van der Waals surface area contributed by atoms with Crippen molar-refractivity contribution >= 4 is 39.0 Å². The average Bonchev–Trinajstić information content (AvgIpc) is 2.80. The monoisotopic (exact) mass is 285 g/mol.